The van der Waals surface area contributed by atoms with Crippen molar-refractivity contribution < 1.29 is 13.5 Å². The fraction of sp³-hybridized carbons (Fsp3) is 0.571. The van der Waals surface area contributed by atoms with Crippen LogP contribution in [0.5, 0.6) is 0 Å². The van der Waals surface area contributed by atoms with Crippen molar-refractivity contribution >= 4 is 26.0 Å². The smallest absolute Gasteiger partial charge is 0.241 e. The van der Waals surface area contributed by atoms with Gasteiger partial charge in [0.1, 0.15) is 0 Å². The molecule has 0 spiro atoms. The van der Waals surface area contributed by atoms with Crippen molar-refractivity contribution in [2.24, 2.45) is 5.41 Å². The summed E-state index contributed by atoms with van der Waals surface area (Å²) in [6.07, 6.45) is 0.881. The van der Waals surface area contributed by atoms with E-state index in [0.717, 1.165) is 12.0 Å². The predicted molar refractivity (Wildman–Crippen MR) is 84.1 cm³/mol. The maximum absolute atomic E-state index is 12.4. The Morgan fingerprint density at radius 2 is 1.95 bits per heavy atom. The Morgan fingerprint density at radius 3 is 2.45 bits per heavy atom. The number of halogens is 1. The lowest BCUT2D eigenvalue weighted by molar-refractivity contribution is 0.281. The molecule has 0 saturated heterocycles. The molecule has 1 rings (SSSR count). The monoisotopic (exact) mass is 363 g/mol. The first-order chi connectivity index (χ1) is 9.13. The van der Waals surface area contributed by atoms with Gasteiger partial charge in [0.25, 0.3) is 0 Å². The molecule has 0 bridgehead atoms. The number of nitrogens with one attached hydrogen (secondary N) is 1. The van der Waals surface area contributed by atoms with E-state index < -0.39 is 10.0 Å². The molecule has 1 aromatic carbocycles. The van der Waals surface area contributed by atoms with Crippen LogP contribution >= 0.6 is 15.9 Å². The van der Waals surface area contributed by atoms with Gasteiger partial charge in [0.05, 0.1) is 11.5 Å². The van der Waals surface area contributed by atoms with Gasteiger partial charge in [0, 0.05) is 11.0 Å². The van der Waals surface area contributed by atoms with Gasteiger partial charge in [-0.05, 0) is 51.9 Å². The van der Waals surface area contributed by atoms with Gasteiger partial charge in [-0.1, -0.05) is 26.8 Å². The summed E-state index contributed by atoms with van der Waals surface area (Å²) in [5, 5.41) is 9.21. The number of rotatable bonds is 6. The first-order valence-corrected chi connectivity index (χ1v) is 8.80. The van der Waals surface area contributed by atoms with E-state index >= 15 is 0 Å². The van der Waals surface area contributed by atoms with Gasteiger partial charge >= 0.3 is 0 Å². The lowest BCUT2D eigenvalue weighted by atomic mass is 9.91. The SMILES string of the molecule is CCC(C)(C)CNS(=O)(=O)c1cc(CO)cc(C)c1Br. The van der Waals surface area contributed by atoms with Gasteiger partial charge in [-0.3, -0.25) is 0 Å². The van der Waals surface area contributed by atoms with Gasteiger partial charge in [0.15, 0.2) is 0 Å². The van der Waals surface area contributed by atoms with Crippen molar-refractivity contribution in [1.29, 1.82) is 0 Å². The Hall–Kier alpha value is -0.430. The normalized spacial score (nSPS) is 12.7. The third kappa shape index (κ3) is 4.28. The molecule has 20 heavy (non-hydrogen) atoms. The van der Waals surface area contributed by atoms with Gasteiger partial charge in [0.2, 0.25) is 10.0 Å². The minimum atomic E-state index is -3.60. The second-order valence-electron chi connectivity index (χ2n) is 5.73. The van der Waals surface area contributed by atoms with Crippen molar-refractivity contribution in [3.8, 4) is 0 Å². The molecular weight excluding hydrogens is 342 g/mol. The zero-order chi connectivity index (χ0) is 15.6. The Morgan fingerprint density at radius 1 is 1.35 bits per heavy atom. The van der Waals surface area contributed by atoms with Gasteiger partial charge in [-0.15, -0.1) is 0 Å². The van der Waals surface area contributed by atoms with Gasteiger partial charge < -0.3 is 5.11 Å². The summed E-state index contributed by atoms with van der Waals surface area (Å²) in [6.45, 7) is 8.05. The Kier molecular flexibility index (Phi) is 5.78. The summed E-state index contributed by atoms with van der Waals surface area (Å²) in [5.74, 6) is 0. The Balaban J connectivity index is 3.13. The zero-order valence-corrected chi connectivity index (χ0v) is 14.7. The fourth-order valence-corrected chi connectivity index (χ4v) is 3.90. The molecule has 2 N–H and O–H groups in total. The van der Waals surface area contributed by atoms with Crippen LogP contribution in [0.4, 0.5) is 0 Å². The number of aryl methyl sites for hydroxylation is 1. The average molecular weight is 364 g/mol. The molecule has 114 valence electrons. The molecule has 0 amide bonds. The largest absolute Gasteiger partial charge is 0.392 e. The van der Waals surface area contributed by atoms with Crippen molar-refractivity contribution in [3.63, 3.8) is 0 Å². The molecular formula is C14H22BrNO3S. The molecule has 0 aliphatic rings. The second kappa shape index (κ2) is 6.56. The number of benzene rings is 1. The van der Waals surface area contributed by atoms with Gasteiger partial charge in [-0.25, -0.2) is 13.1 Å². The quantitative estimate of drug-likeness (QED) is 0.816. The molecule has 0 aliphatic carbocycles. The molecule has 0 saturated carbocycles. The van der Waals surface area contributed by atoms with E-state index in [0.29, 0.717) is 16.6 Å². The number of hydrogen-bond acceptors (Lipinski definition) is 3. The van der Waals surface area contributed by atoms with Crippen LogP contribution in [0.25, 0.3) is 0 Å². The summed E-state index contributed by atoms with van der Waals surface area (Å²) in [6, 6.07) is 3.26. The molecule has 0 aliphatic heterocycles. The minimum absolute atomic E-state index is 0.0941. The highest BCUT2D eigenvalue weighted by Gasteiger charge is 2.23. The van der Waals surface area contributed by atoms with E-state index in [1.54, 1.807) is 13.0 Å². The molecule has 0 heterocycles. The minimum Gasteiger partial charge on any atom is -0.392 e. The van der Waals surface area contributed by atoms with Crippen LogP contribution in [0, 0.1) is 12.3 Å². The number of sulfonamides is 1. The summed E-state index contributed by atoms with van der Waals surface area (Å²) in [4.78, 5) is 0.174. The summed E-state index contributed by atoms with van der Waals surface area (Å²) >= 11 is 3.32. The van der Waals surface area contributed by atoms with Crippen molar-refractivity contribution in [3.05, 3.63) is 27.7 Å². The van der Waals surface area contributed by atoms with Crippen LogP contribution in [0.3, 0.4) is 0 Å². The summed E-state index contributed by atoms with van der Waals surface area (Å²) in [7, 11) is -3.60. The summed E-state index contributed by atoms with van der Waals surface area (Å²) in [5.41, 5.74) is 1.27. The Labute approximate surface area is 129 Å². The standard InChI is InChI=1S/C14H22BrNO3S/c1-5-14(3,4)9-16-20(18,19)12-7-11(8-17)6-10(2)13(12)15/h6-7,16-17H,5,8-9H2,1-4H3. The van der Waals surface area contributed by atoms with Crippen LogP contribution in [-0.4, -0.2) is 20.1 Å². The molecule has 0 fully saturated rings. The highest BCUT2D eigenvalue weighted by Crippen LogP contribution is 2.28. The van der Waals surface area contributed by atoms with Crippen LogP contribution < -0.4 is 4.72 Å². The molecule has 0 unspecified atom stereocenters. The number of aliphatic hydroxyl groups is 1. The van der Waals surface area contributed by atoms with Crippen molar-refractivity contribution in [1.82, 2.24) is 4.72 Å². The molecule has 6 heteroatoms. The molecule has 1 aromatic rings. The van der Waals surface area contributed by atoms with Crippen molar-refractivity contribution in [2.45, 2.75) is 45.6 Å². The molecule has 0 aromatic heterocycles. The highest BCUT2D eigenvalue weighted by molar-refractivity contribution is 9.10. The van der Waals surface area contributed by atoms with E-state index in [-0.39, 0.29) is 16.9 Å². The molecule has 0 atom stereocenters. The second-order valence-corrected chi connectivity index (χ2v) is 8.25. The van der Waals surface area contributed by atoms with E-state index in [1.165, 1.54) is 6.07 Å². The third-order valence-corrected chi connectivity index (χ3v) is 6.19. The highest BCUT2D eigenvalue weighted by atomic mass is 79.9. The average Bonchev–Trinajstić information content (AvgIpc) is 2.39. The maximum atomic E-state index is 12.4. The van der Waals surface area contributed by atoms with E-state index in [2.05, 4.69) is 20.7 Å². The van der Waals surface area contributed by atoms with Crippen molar-refractivity contribution in [2.75, 3.05) is 6.54 Å². The van der Waals surface area contributed by atoms with Crippen LogP contribution in [-0.2, 0) is 16.6 Å². The van der Waals surface area contributed by atoms with E-state index in [1.807, 2.05) is 20.8 Å². The Bertz CT molecular complexity index is 582. The van der Waals surface area contributed by atoms with E-state index in [4.69, 9.17) is 0 Å². The fourth-order valence-electron chi connectivity index (χ4n) is 1.59. The predicted octanol–water partition coefficient (Wildman–Crippen LogP) is 2.96. The van der Waals surface area contributed by atoms with Crippen LogP contribution in [0.15, 0.2) is 21.5 Å². The zero-order valence-electron chi connectivity index (χ0n) is 12.3. The molecule has 4 nitrogen and oxygen atoms in total. The third-order valence-electron chi connectivity index (χ3n) is 3.45. The molecule has 0 radical (unpaired) electrons. The lowest BCUT2D eigenvalue weighted by Crippen LogP contribution is -2.33. The maximum Gasteiger partial charge on any atom is 0.241 e. The van der Waals surface area contributed by atoms with E-state index in [9.17, 15) is 13.5 Å². The number of hydrogen-bond donors (Lipinski definition) is 2. The van der Waals surface area contributed by atoms with Crippen LogP contribution in [0.1, 0.15) is 38.3 Å². The van der Waals surface area contributed by atoms with Crippen LogP contribution in [0.2, 0.25) is 0 Å². The summed E-state index contributed by atoms with van der Waals surface area (Å²) < 4.78 is 28.0. The topological polar surface area (TPSA) is 66.4 Å². The first kappa shape index (κ1) is 17.6. The lowest BCUT2D eigenvalue weighted by Gasteiger charge is -2.23. The first-order valence-electron chi connectivity index (χ1n) is 6.52. The van der Waals surface area contributed by atoms with Gasteiger partial charge in [-0.2, -0.15) is 0 Å². The number of aliphatic hydroxyl groups excluding tert-OH is 1.